The van der Waals surface area contributed by atoms with Gasteiger partial charge in [0.2, 0.25) is 0 Å². The first-order valence-corrected chi connectivity index (χ1v) is 11.7. The van der Waals surface area contributed by atoms with Crippen molar-refractivity contribution in [3.8, 4) is 33.5 Å². The van der Waals surface area contributed by atoms with Gasteiger partial charge in [-0.15, -0.1) is 0 Å². The van der Waals surface area contributed by atoms with Gasteiger partial charge in [-0.05, 0) is 64.1 Å². The summed E-state index contributed by atoms with van der Waals surface area (Å²) in [5, 5.41) is 2.24. The average molecular weight is 440 g/mol. The Labute approximate surface area is 199 Å². The second kappa shape index (κ2) is 8.31. The van der Waals surface area contributed by atoms with Crippen molar-refractivity contribution in [1.82, 2.24) is 4.98 Å². The summed E-state index contributed by atoms with van der Waals surface area (Å²) < 4.78 is 6.37. The topological polar surface area (TPSA) is 26.0 Å². The Bertz CT molecular complexity index is 1610. The van der Waals surface area contributed by atoms with Crippen LogP contribution < -0.4 is 0 Å². The van der Waals surface area contributed by atoms with E-state index < -0.39 is 0 Å². The number of aromatic nitrogens is 1. The highest BCUT2D eigenvalue weighted by atomic mass is 16.3. The first-order chi connectivity index (χ1) is 16.7. The van der Waals surface area contributed by atoms with Gasteiger partial charge in [0.05, 0.1) is 5.69 Å². The lowest BCUT2D eigenvalue weighted by Gasteiger charge is -2.07. The molecule has 0 amide bonds. The van der Waals surface area contributed by atoms with Crippen LogP contribution in [0.4, 0.5) is 0 Å². The van der Waals surface area contributed by atoms with E-state index in [9.17, 15) is 0 Å². The molecular formula is C32H25NO. The molecule has 0 aliphatic rings. The van der Waals surface area contributed by atoms with Gasteiger partial charge in [-0.25, -0.2) is 0 Å². The van der Waals surface area contributed by atoms with Crippen LogP contribution in [-0.4, -0.2) is 4.98 Å². The molecule has 4 aromatic carbocycles. The zero-order valence-corrected chi connectivity index (χ0v) is 19.3. The number of nitrogens with zero attached hydrogens (tertiary/aromatic N) is 1. The molecule has 2 nitrogen and oxygen atoms in total. The first kappa shape index (κ1) is 20.4. The predicted molar refractivity (Wildman–Crippen MR) is 142 cm³/mol. The van der Waals surface area contributed by atoms with Crippen LogP contribution >= 0.6 is 0 Å². The molecule has 6 rings (SSSR count). The third-order valence-corrected chi connectivity index (χ3v) is 6.55. The quantitative estimate of drug-likeness (QED) is 0.274. The molecule has 0 saturated carbocycles. The summed E-state index contributed by atoms with van der Waals surface area (Å²) in [7, 11) is 0. The van der Waals surface area contributed by atoms with Crippen LogP contribution in [0.1, 0.15) is 25.3 Å². The first-order valence-electron chi connectivity index (χ1n) is 11.7. The van der Waals surface area contributed by atoms with Crippen LogP contribution in [0.25, 0.3) is 55.4 Å². The Morgan fingerprint density at radius 1 is 0.618 bits per heavy atom. The third kappa shape index (κ3) is 3.58. The van der Waals surface area contributed by atoms with Crippen molar-refractivity contribution in [1.29, 1.82) is 0 Å². The third-order valence-electron chi connectivity index (χ3n) is 6.55. The summed E-state index contributed by atoms with van der Waals surface area (Å²) in [4.78, 5) is 4.65. The Kier molecular flexibility index (Phi) is 5.00. The number of hydrogen-bond donors (Lipinski definition) is 0. The molecule has 0 bridgehead atoms. The molecule has 164 valence electrons. The fourth-order valence-corrected chi connectivity index (χ4v) is 4.62. The molecule has 0 saturated heterocycles. The molecule has 0 aliphatic heterocycles. The molecule has 2 heteroatoms. The van der Waals surface area contributed by atoms with Gasteiger partial charge in [-0.1, -0.05) is 86.6 Å². The molecule has 34 heavy (non-hydrogen) atoms. The molecule has 2 heterocycles. The zero-order chi connectivity index (χ0) is 23.1. The van der Waals surface area contributed by atoms with Crippen LogP contribution in [0.15, 0.2) is 114 Å². The highest BCUT2D eigenvalue weighted by molar-refractivity contribution is 6.10. The van der Waals surface area contributed by atoms with Crippen molar-refractivity contribution in [3.63, 3.8) is 0 Å². The molecule has 0 atom stereocenters. The van der Waals surface area contributed by atoms with E-state index in [1.165, 1.54) is 27.8 Å². The van der Waals surface area contributed by atoms with Crippen molar-refractivity contribution in [3.05, 3.63) is 115 Å². The number of para-hydroxylation sites is 1. The van der Waals surface area contributed by atoms with E-state index >= 15 is 0 Å². The molecule has 0 N–H and O–H groups in total. The summed E-state index contributed by atoms with van der Waals surface area (Å²) in [6.45, 7) is 4.41. The molecule has 0 unspecified atom stereocenters. The second-order valence-corrected chi connectivity index (χ2v) is 9.07. The van der Waals surface area contributed by atoms with Gasteiger partial charge < -0.3 is 4.42 Å². The predicted octanol–water partition coefficient (Wildman–Crippen LogP) is 9.11. The van der Waals surface area contributed by atoms with Crippen LogP contribution in [0, 0.1) is 0 Å². The molecule has 0 spiro atoms. The van der Waals surface area contributed by atoms with E-state index in [0.717, 1.165) is 33.2 Å². The summed E-state index contributed by atoms with van der Waals surface area (Å²) in [5.41, 5.74) is 9.87. The lowest BCUT2D eigenvalue weighted by atomic mass is 9.98. The summed E-state index contributed by atoms with van der Waals surface area (Å²) >= 11 is 0. The maximum absolute atomic E-state index is 6.37. The van der Waals surface area contributed by atoms with Crippen molar-refractivity contribution in [2.45, 2.75) is 19.8 Å². The lowest BCUT2D eigenvalue weighted by molar-refractivity contribution is 0.670. The minimum absolute atomic E-state index is 0.451. The number of rotatable bonds is 4. The van der Waals surface area contributed by atoms with E-state index in [2.05, 4.69) is 116 Å². The monoisotopic (exact) mass is 439 g/mol. The number of hydrogen-bond acceptors (Lipinski definition) is 2. The Hall–Kier alpha value is -4.17. The van der Waals surface area contributed by atoms with Gasteiger partial charge in [-0.3, -0.25) is 4.98 Å². The Balaban J connectivity index is 1.43. The smallest absolute Gasteiger partial charge is 0.144 e. The zero-order valence-electron chi connectivity index (χ0n) is 19.3. The maximum Gasteiger partial charge on any atom is 0.144 e. The van der Waals surface area contributed by atoms with Gasteiger partial charge in [-0.2, -0.15) is 0 Å². The molecular weight excluding hydrogens is 414 g/mol. The van der Waals surface area contributed by atoms with Crippen LogP contribution in [0.2, 0.25) is 0 Å². The van der Waals surface area contributed by atoms with Gasteiger partial charge in [0.1, 0.15) is 11.2 Å². The van der Waals surface area contributed by atoms with Crippen molar-refractivity contribution in [2.24, 2.45) is 0 Å². The van der Waals surface area contributed by atoms with E-state index in [1.54, 1.807) is 0 Å². The normalized spacial score (nSPS) is 11.5. The minimum Gasteiger partial charge on any atom is -0.455 e. The highest BCUT2D eigenvalue weighted by Gasteiger charge is 2.14. The summed E-state index contributed by atoms with van der Waals surface area (Å²) in [5.74, 6) is 0.451. The van der Waals surface area contributed by atoms with Gasteiger partial charge in [0, 0.05) is 22.5 Å². The van der Waals surface area contributed by atoms with Crippen molar-refractivity contribution >= 4 is 21.9 Å². The molecule has 0 fully saturated rings. The SMILES string of the molecule is CC(C)c1ccnc(-c2cccc3c2oc2ccc(-c4ccc(-c5ccccc5)cc4)cc23)c1. The van der Waals surface area contributed by atoms with Gasteiger partial charge in [0.25, 0.3) is 0 Å². The summed E-state index contributed by atoms with van der Waals surface area (Å²) in [6, 6.07) is 36.3. The Morgan fingerprint density at radius 3 is 2.09 bits per heavy atom. The molecule has 0 aliphatic carbocycles. The highest BCUT2D eigenvalue weighted by Crippen LogP contribution is 2.37. The van der Waals surface area contributed by atoms with Crippen molar-refractivity contribution < 1.29 is 4.42 Å². The number of fused-ring (bicyclic) bond motifs is 3. The van der Waals surface area contributed by atoms with E-state index in [4.69, 9.17) is 4.42 Å². The van der Waals surface area contributed by atoms with Gasteiger partial charge >= 0.3 is 0 Å². The molecule has 6 aromatic rings. The van der Waals surface area contributed by atoms with Crippen LogP contribution in [-0.2, 0) is 0 Å². The average Bonchev–Trinajstić information content (AvgIpc) is 3.27. The second-order valence-electron chi connectivity index (χ2n) is 9.07. The largest absolute Gasteiger partial charge is 0.455 e. The number of benzene rings is 4. The van der Waals surface area contributed by atoms with E-state index in [1.807, 2.05) is 12.3 Å². The summed E-state index contributed by atoms with van der Waals surface area (Å²) in [6.07, 6.45) is 1.89. The number of pyridine rings is 1. The van der Waals surface area contributed by atoms with Crippen LogP contribution in [0.3, 0.4) is 0 Å². The fraction of sp³-hybridized carbons (Fsp3) is 0.0938. The van der Waals surface area contributed by atoms with Gasteiger partial charge in [0.15, 0.2) is 0 Å². The maximum atomic E-state index is 6.37. The minimum atomic E-state index is 0.451. The lowest BCUT2D eigenvalue weighted by Crippen LogP contribution is -1.90. The van der Waals surface area contributed by atoms with E-state index in [-0.39, 0.29) is 0 Å². The van der Waals surface area contributed by atoms with Crippen LogP contribution in [0.5, 0.6) is 0 Å². The van der Waals surface area contributed by atoms with Crippen molar-refractivity contribution in [2.75, 3.05) is 0 Å². The molecule has 2 aromatic heterocycles. The standard InChI is InChI=1S/C32H25NO/c1-21(2)25-17-18-33-30(20-25)28-10-6-9-27-29-19-26(15-16-31(29)34-32(27)28)24-13-11-23(12-14-24)22-7-4-3-5-8-22/h3-21H,1-2H3. The Morgan fingerprint density at radius 2 is 1.32 bits per heavy atom. The fourth-order valence-electron chi connectivity index (χ4n) is 4.62. The molecule has 0 radical (unpaired) electrons. The number of furan rings is 1. The van der Waals surface area contributed by atoms with E-state index in [0.29, 0.717) is 5.92 Å².